The Balaban J connectivity index is 2.52. The Labute approximate surface area is 97.6 Å². The summed E-state index contributed by atoms with van der Waals surface area (Å²) < 4.78 is 31.2. The fraction of sp³-hybridized carbons (Fsp3) is 0.0769. The van der Waals surface area contributed by atoms with E-state index in [0.717, 1.165) is 6.07 Å². The van der Waals surface area contributed by atoms with Crippen LogP contribution in [-0.2, 0) is 0 Å². The Hall–Kier alpha value is -2.10. The molecule has 0 amide bonds. The number of methoxy groups -OCH3 is 1. The zero-order valence-corrected chi connectivity index (χ0v) is 9.21. The highest BCUT2D eigenvalue weighted by Crippen LogP contribution is 2.30. The smallest absolute Gasteiger partial charge is 0.126 e. The average Bonchev–Trinajstić information content (AvgIpc) is 2.27. The van der Waals surface area contributed by atoms with Crippen molar-refractivity contribution in [2.75, 3.05) is 12.8 Å². The lowest BCUT2D eigenvalue weighted by Crippen LogP contribution is -1.93. The van der Waals surface area contributed by atoms with Gasteiger partial charge in [-0.2, -0.15) is 0 Å². The van der Waals surface area contributed by atoms with Gasteiger partial charge in [0, 0.05) is 23.4 Å². The molecule has 2 aromatic rings. The van der Waals surface area contributed by atoms with Gasteiger partial charge < -0.3 is 10.5 Å². The lowest BCUT2D eigenvalue weighted by atomic mass is 10.0. The van der Waals surface area contributed by atoms with Crippen molar-refractivity contribution < 1.29 is 13.5 Å². The van der Waals surface area contributed by atoms with E-state index in [1.54, 1.807) is 18.2 Å². The molecule has 0 bridgehead atoms. The highest BCUT2D eigenvalue weighted by Gasteiger charge is 2.07. The molecular formula is C13H11F2NO. The lowest BCUT2D eigenvalue weighted by Gasteiger charge is -2.08. The van der Waals surface area contributed by atoms with Crippen LogP contribution < -0.4 is 10.5 Å². The largest absolute Gasteiger partial charge is 0.497 e. The van der Waals surface area contributed by atoms with Crippen LogP contribution in [0.15, 0.2) is 36.4 Å². The van der Waals surface area contributed by atoms with Crippen LogP contribution in [0.3, 0.4) is 0 Å². The highest BCUT2D eigenvalue weighted by atomic mass is 19.1. The Morgan fingerprint density at radius 3 is 2.18 bits per heavy atom. The van der Waals surface area contributed by atoms with Crippen LogP contribution in [0.2, 0.25) is 0 Å². The third-order valence-electron chi connectivity index (χ3n) is 2.43. The number of nitrogen functional groups attached to an aromatic ring is 1. The van der Waals surface area contributed by atoms with Gasteiger partial charge in [-0.15, -0.1) is 0 Å². The molecule has 88 valence electrons. The van der Waals surface area contributed by atoms with Gasteiger partial charge in [-0.1, -0.05) is 0 Å². The van der Waals surface area contributed by atoms with E-state index < -0.39 is 11.6 Å². The summed E-state index contributed by atoms with van der Waals surface area (Å²) in [7, 11) is 1.52. The van der Waals surface area contributed by atoms with Gasteiger partial charge in [-0.3, -0.25) is 0 Å². The number of rotatable bonds is 2. The molecule has 0 fully saturated rings. The first kappa shape index (κ1) is 11.4. The lowest BCUT2D eigenvalue weighted by molar-refractivity contribution is 0.415. The summed E-state index contributed by atoms with van der Waals surface area (Å²) in [5.74, 6) is -0.659. The molecule has 0 radical (unpaired) electrons. The fourth-order valence-corrected chi connectivity index (χ4v) is 1.64. The van der Waals surface area contributed by atoms with Crippen LogP contribution in [0.5, 0.6) is 5.75 Å². The molecule has 0 aliphatic carbocycles. The summed E-state index contributed by atoms with van der Waals surface area (Å²) in [6.45, 7) is 0. The van der Waals surface area contributed by atoms with Gasteiger partial charge in [0.1, 0.15) is 17.4 Å². The molecule has 0 unspecified atom stereocenters. The Morgan fingerprint density at radius 1 is 1.00 bits per heavy atom. The molecule has 0 spiro atoms. The molecule has 2 N–H and O–H groups in total. The fourth-order valence-electron chi connectivity index (χ4n) is 1.64. The van der Waals surface area contributed by atoms with Crippen LogP contribution >= 0.6 is 0 Å². The molecule has 0 aromatic heterocycles. The van der Waals surface area contributed by atoms with Crippen molar-refractivity contribution in [1.29, 1.82) is 0 Å². The maximum atomic E-state index is 13.1. The molecule has 0 aliphatic rings. The number of halogens is 2. The second kappa shape index (κ2) is 4.41. The number of hydrogen-bond acceptors (Lipinski definition) is 2. The monoisotopic (exact) mass is 235 g/mol. The number of hydrogen-bond donors (Lipinski definition) is 1. The molecule has 0 atom stereocenters. The SMILES string of the molecule is COc1ccc(-c2cc(F)cc(F)c2)c(N)c1. The number of ether oxygens (including phenoxy) is 1. The van der Waals surface area contributed by atoms with Crippen molar-refractivity contribution in [2.45, 2.75) is 0 Å². The van der Waals surface area contributed by atoms with Crippen molar-refractivity contribution in [1.82, 2.24) is 0 Å². The van der Waals surface area contributed by atoms with Crippen molar-refractivity contribution >= 4 is 5.69 Å². The van der Waals surface area contributed by atoms with Crippen LogP contribution in [0.25, 0.3) is 11.1 Å². The molecular weight excluding hydrogens is 224 g/mol. The van der Waals surface area contributed by atoms with Gasteiger partial charge in [0.05, 0.1) is 7.11 Å². The Morgan fingerprint density at radius 2 is 1.65 bits per heavy atom. The minimum Gasteiger partial charge on any atom is -0.497 e. The molecule has 2 nitrogen and oxygen atoms in total. The molecule has 0 heterocycles. The van der Waals surface area contributed by atoms with Crippen LogP contribution in [-0.4, -0.2) is 7.11 Å². The van der Waals surface area contributed by atoms with Gasteiger partial charge in [0.15, 0.2) is 0 Å². The first-order chi connectivity index (χ1) is 8.10. The molecule has 2 rings (SSSR count). The second-order valence-electron chi connectivity index (χ2n) is 3.61. The third kappa shape index (κ3) is 2.36. The zero-order chi connectivity index (χ0) is 12.4. The predicted octanol–water partition coefficient (Wildman–Crippen LogP) is 3.22. The first-order valence-corrected chi connectivity index (χ1v) is 5.00. The van der Waals surface area contributed by atoms with E-state index in [1.165, 1.54) is 19.2 Å². The van der Waals surface area contributed by atoms with Crippen LogP contribution in [0.1, 0.15) is 0 Å². The van der Waals surface area contributed by atoms with Crippen molar-refractivity contribution in [3.8, 4) is 16.9 Å². The van der Waals surface area contributed by atoms with E-state index in [2.05, 4.69) is 0 Å². The quantitative estimate of drug-likeness (QED) is 0.811. The summed E-state index contributed by atoms with van der Waals surface area (Å²) in [6.07, 6.45) is 0. The van der Waals surface area contributed by atoms with Gasteiger partial charge in [-0.25, -0.2) is 8.78 Å². The van der Waals surface area contributed by atoms with Gasteiger partial charge in [0.25, 0.3) is 0 Å². The Kier molecular flexibility index (Phi) is 2.95. The molecule has 0 saturated carbocycles. The van der Waals surface area contributed by atoms with Crippen molar-refractivity contribution in [3.63, 3.8) is 0 Å². The molecule has 2 aromatic carbocycles. The van der Waals surface area contributed by atoms with E-state index in [9.17, 15) is 8.78 Å². The minimum absolute atomic E-state index is 0.405. The third-order valence-corrected chi connectivity index (χ3v) is 2.43. The van der Waals surface area contributed by atoms with Gasteiger partial charge in [-0.05, 0) is 29.8 Å². The summed E-state index contributed by atoms with van der Waals surface area (Å²) in [5, 5.41) is 0. The average molecular weight is 235 g/mol. The summed E-state index contributed by atoms with van der Waals surface area (Å²) >= 11 is 0. The molecule has 4 heteroatoms. The van der Waals surface area contributed by atoms with Crippen LogP contribution in [0.4, 0.5) is 14.5 Å². The van der Waals surface area contributed by atoms with Crippen molar-refractivity contribution in [3.05, 3.63) is 48.0 Å². The number of anilines is 1. The maximum absolute atomic E-state index is 13.1. The van der Waals surface area contributed by atoms with E-state index in [-0.39, 0.29) is 0 Å². The summed E-state index contributed by atoms with van der Waals surface area (Å²) in [6, 6.07) is 8.26. The van der Waals surface area contributed by atoms with E-state index in [4.69, 9.17) is 10.5 Å². The molecule has 0 aliphatic heterocycles. The van der Waals surface area contributed by atoms with Crippen molar-refractivity contribution in [2.24, 2.45) is 0 Å². The topological polar surface area (TPSA) is 35.2 Å². The second-order valence-corrected chi connectivity index (χ2v) is 3.61. The highest BCUT2D eigenvalue weighted by molar-refractivity contribution is 5.77. The maximum Gasteiger partial charge on any atom is 0.126 e. The first-order valence-electron chi connectivity index (χ1n) is 5.00. The van der Waals surface area contributed by atoms with E-state index in [0.29, 0.717) is 22.6 Å². The normalized spacial score (nSPS) is 10.3. The standard InChI is InChI=1S/C13H11F2NO/c1-17-11-2-3-12(13(16)7-11)8-4-9(14)6-10(15)5-8/h2-7H,16H2,1H3. The number of benzene rings is 2. The number of nitrogens with two attached hydrogens (primary N) is 1. The summed E-state index contributed by atoms with van der Waals surface area (Å²) in [5.41, 5.74) is 7.19. The summed E-state index contributed by atoms with van der Waals surface area (Å²) in [4.78, 5) is 0. The molecule has 17 heavy (non-hydrogen) atoms. The Bertz CT molecular complexity index is 535. The minimum atomic E-state index is -0.629. The van der Waals surface area contributed by atoms with E-state index >= 15 is 0 Å². The van der Waals surface area contributed by atoms with Gasteiger partial charge >= 0.3 is 0 Å². The zero-order valence-electron chi connectivity index (χ0n) is 9.21. The van der Waals surface area contributed by atoms with Crippen LogP contribution in [0, 0.1) is 11.6 Å². The van der Waals surface area contributed by atoms with Gasteiger partial charge in [0.2, 0.25) is 0 Å². The van der Waals surface area contributed by atoms with E-state index in [1.807, 2.05) is 0 Å². The molecule has 0 saturated heterocycles. The predicted molar refractivity (Wildman–Crippen MR) is 62.8 cm³/mol.